The van der Waals surface area contributed by atoms with Crippen molar-refractivity contribution in [1.82, 2.24) is 10.2 Å². The molecule has 0 aromatic heterocycles. The Labute approximate surface area is 106 Å². The number of nitrogens with zero attached hydrogens (tertiary/aromatic N) is 1. The molecule has 3 heteroatoms. The van der Waals surface area contributed by atoms with Crippen molar-refractivity contribution in [3.05, 3.63) is 0 Å². The molecule has 0 spiro atoms. The maximum absolute atomic E-state index is 12.2. The van der Waals surface area contributed by atoms with E-state index in [-0.39, 0.29) is 5.54 Å². The van der Waals surface area contributed by atoms with Gasteiger partial charge in [-0.25, -0.2) is 0 Å². The van der Waals surface area contributed by atoms with Gasteiger partial charge in [-0.05, 0) is 32.1 Å². The molecule has 1 aliphatic heterocycles. The van der Waals surface area contributed by atoms with Crippen LogP contribution in [0.3, 0.4) is 0 Å². The normalized spacial score (nSPS) is 20.4. The number of hydrogen-bond donors (Lipinski definition) is 1. The molecule has 1 amide bonds. The van der Waals surface area contributed by atoms with Crippen LogP contribution >= 0.6 is 0 Å². The standard InChI is InChI=1S/C14H28N2O/c1-13(2,3)8-6-7-12(17)16-10-9-15-11-14(16,4)5/h15H,6-11H2,1-5H3. The molecule has 1 heterocycles. The summed E-state index contributed by atoms with van der Waals surface area (Å²) in [5, 5.41) is 3.35. The van der Waals surface area contributed by atoms with Crippen LogP contribution in [0.5, 0.6) is 0 Å². The fourth-order valence-corrected chi connectivity index (χ4v) is 2.35. The molecule has 100 valence electrons. The van der Waals surface area contributed by atoms with Gasteiger partial charge >= 0.3 is 0 Å². The number of carbonyl (C=O) groups is 1. The van der Waals surface area contributed by atoms with Crippen molar-refractivity contribution in [2.75, 3.05) is 19.6 Å². The molecule has 0 aromatic carbocycles. The Kier molecular flexibility index (Phi) is 4.59. The lowest BCUT2D eigenvalue weighted by Crippen LogP contribution is -2.59. The van der Waals surface area contributed by atoms with Crippen LogP contribution in [0.25, 0.3) is 0 Å². The van der Waals surface area contributed by atoms with E-state index < -0.39 is 0 Å². The summed E-state index contributed by atoms with van der Waals surface area (Å²) >= 11 is 0. The Bertz CT molecular complexity index is 266. The van der Waals surface area contributed by atoms with Crippen LogP contribution in [0.1, 0.15) is 53.9 Å². The Morgan fingerprint density at radius 1 is 1.35 bits per heavy atom. The van der Waals surface area contributed by atoms with Crippen LogP contribution < -0.4 is 5.32 Å². The molecule has 1 fully saturated rings. The summed E-state index contributed by atoms with van der Waals surface area (Å²) in [6.45, 7) is 13.6. The molecular formula is C14H28N2O. The Hall–Kier alpha value is -0.570. The van der Waals surface area contributed by atoms with Gasteiger partial charge in [-0.1, -0.05) is 20.8 Å². The first kappa shape index (κ1) is 14.5. The topological polar surface area (TPSA) is 32.3 Å². The first-order valence-corrected chi connectivity index (χ1v) is 6.74. The van der Waals surface area contributed by atoms with Crippen LogP contribution in [0, 0.1) is 5.41 Å². The van der Waals surface area contributed by atoms with E-state index in [1.165, 1.54) is 0 Å². The zero-order valence-corrected chi connectivity index (χ0v) is 12.1. The number of amides is 1. The molecule has 0 aromatic rings. The molecular weight excluding hydrogens is 212 g/mol. The molecule has 1 N–H and O–H groups in total. The molecule has 1 aliphatic rings. The summed E-state index contributed by atoms with van der Waals surface area (Å²) in [5.41, 5.74) is 0.302. The van der Waals surface area contributed by atoms with Crippen LogP contribution in [-0.4, -0.2) is 36.0 Å². The van der Waals surface area contributed by atoms with Gasteiger partial charge in [-0.3, -0.25) is 4.79 Å². The third kappa shape index (κ3) is 4.66. The largest absolute Gasteiger partial charge is 0.335 e. The van der Waals surface area contributed by atoms with E-state index >= 15 is 0 Å². The van der Waals surface area contributed by atoms with Crippen molar-refractivity contribution < 1.29 is 4.79 Å². The summed E-state index contributed by atoms with van der Waals surface area (Å²) in [4.78, 5) is 14.2. The third-order valence-corrected chi connectivity index (χ3v) is 3.42. The second kappa shape index (κ2) is 5.38. The van der Waals surface area contributed by atoms with Gasteiger partial charge in [0, 0.05) is 31.6 Å². The Morgan fingerprint density at radius 2 is 2.00 bits per heavy atom. The van der Waals surface area contributed by atoms with Gasteiger partial charge < -0.3 is 10.2 Å². The van der Waals surface area contributed by atoms with Crippen molar-refractivity contribution in [3.63, 3.8) is 0 Å². The van der Waals surface area contributed by atoms with Gasteiger partial charge in [0.1, 0.15) is 0 Å². The molecule has 0 radical (unpaired) electrons. The van der Waals surface area contributed by atoms with Gasteiger partial charge in [0.25, 0.3) is 0 Å². The lowest BCUT2D eigenvalue weighted by molar-refractivity contribution is -0.137. The van der Waals surface area contributed by atoms with Crippen LogP contribution in [0.4, 0.5) is 0 Å². The minimum atomic E-state index is -0.0307. The number of carbonyl (C=O) groups excluding carboxylic acids is 1. The fourth-order valence-electron chi connectivity index (χ4n) is 2.35. The summed E-state index contributed by atoms with van der Waals surface area (Å²) in [5.74, 6) is 0.320. The molecule has 1 saturated heterocycles. The summed E-state index contributed by atoms with van der Waals surface area (Å²) in [7, 11) is 0. The quantitative estimate of drug-likeness (QED) is 0.821. The molecule has 17 heavy (non-hydrogen) atoms. The smallest absolute Gasteiger partial charge is 0.223 e. The summed E-state index contributed by atoms with van der Waals surface area (Å²) in [6.07, 6.45) is 2.81. The van der Waals surface area contributed by atoms with Crippen LogP contribution in [-0.2, 0) is 4.79 Å². The summed E-state index contributed by atoms with van der Waals surface area (Å²) < 4.78 is 0. The zero-order valence-electron chi connectivity index (χ0n) is 12.1. The van der Waals surface area contributed by atoms with Crippen LogP contribution in [0.15, 0.2) is 0 Å². The van der Waals surface area contributed by atoms with Gasteiger partial charge in [-0.15, -0.1) is 0 Å². The first-order valence-electron chi connectivity index (χ1n) is 6.74. The molecule has 1 rings (SSSR count). The van der Waals surface area contributed by atoms with E-state index in [0.29, 0.717) is 17.7 Å². The average molecular weight is 240 g/mol. The zero-order chi connectivity index (χ0) is 13.1. The highest BCUT2D eigenvalue weighted by atomic mass is 16.2. The minimum Gasteiger partial charge on any atom is -0.335 e. The number of piperazine rings is 1. The maximum atomic E-state index is 12.2. The van der Waals surface area contributed by atoms with Gasteiger partial charge in [-0.2, -0.15) is 0 Å². The SMILES string of the molecule is CC(C)(C)CCCC(=O)N1CCNCC1(C)C. The van der Waals surface area contributed by atoms with Crippen molar-refractivity contribution >= 4 is 5.91 Å². The predicted octanol–water partition coefficient (Wildman–Crippen LogP) is 2.41. The monoisotopic (exact) mass is 240 g/mol. The highest BCUT2D eigenvalue weighted by molar-refractivity contribution is 5.77. The molecule has 0 saturated carbocycles. The number of rotatable bonds is 3. The highest BCUT2D eigenvalue weighted by Crippen LogP contribution is 2.23. The lowest BCUT2D eigenvalue weighted by Gasteiger charge is -2.43. The lowest BCUT2D eigenvalue weighted by atomic mass is 9.89. The minimum absolute atomic E-state index is 0.0307. The van der Waals surface area contributed by atoms with E-state index in [1.807, 2.05) is 4.90 Å². The van der Waals surface area contributed by atoms with E-state index in [4.69, 9.17) is 0 Å². The van der Waals surface area contributed by atoms with Crippen molar-refractivity contribution in [1.29, 1.82) is 0 Å². The van der Waals surface area contributed by atoms with E-state index in [2.05, 4.69) is 39.9 Å². The Balaban J connectivity index is 2.41. The highest BCUT2D eigenvalue weighted by Gasteiger charge is 2.32. The van der Waals surface area contributed by atoms with Crippen LogP contribution in [0.2, 0.25) is 0 Å². The van der Waals surface area contributed by atoms with Gasteiger partial charge in [0.05, 0.1) is 0 Å². The van der Waals surface area contributed by atoms with E-state index in [9.17, 15) is 4.79 Å². The first-order chi connectivity index (χ1) is 7.72. The van der Waals surface area contributed by atoms with E-state index in [0.717, 1.165) is 32.5 Å². The van der Waals surface area contributed by atoms with Crippen molar-refractivity contribution in [2.45, 2.75) is 59.4 Å². The van der Waals surface area contributed by atoms with Crippen molar-refractivity contribution in [2.24, 2.45) is 5.41 Å². The molecule has 0 aliphatic carbocycles. The predicted molar refractivity (Wildman–Crippen MR) is 72.0 cm³/mol. The second-order valence-corrected chi connectivity index (χ2v) is 6.95. The van der Waals surface area contributed by atoms with E-state index in [1.54, 1.807) is 0 Å². The molecule has 3 nitrogen and oxygen atoms in total. The number of nitrogens with one attached hydrogen (secondary N) is 1. The second-order valence-electron chi connectivity index (χ2n) is 6.95. The fraction of sp³-hybridized carbons (Fsp3) is 0.929. The molecule has 0 bridgehead atoms. The maximum Gasteiger partial charge on any atom is 0.223 e. The van der Waals surface area contributed by atoms with Gasteiger partial charge in [0.2, 0.25) is 5.91 Å². The molecule has 0 unspecified atom stereocenters. The van der Waals surface area contributed by atoms with Gasteiger partial charge in [0.15, 0.2) is 0 Å². The summed E-state index contributed by atoms with van der Waals surface area (Å²) in [6, 6.07) is 0. The third-order valence-electron chi connectivity index (χ3n) is 3.42. The number of hydrogen-bond acceptors (Lipinski definition) is 2. The Morgan fingerprint density at radius 3 is 2.53 bits per heavy atom. The average Bonchev–Trinajstić information content (AvgIpc) is 2.14. The molecule has 0 atom stereocenters. The van der Waals surface area contributed by atoms with Crippen molar-refractivity contribution in [3.8, 4) is 0 Å².